The van der Waals surface area contributed by atoms with Crippen LogP contribution in [0.2, 0.25) is 0 Å². The van der Waals surface area contributed by atoms with Crippen molar-refractivity contribution in [2.24, 2.45) is 17.8 Å². The van der Waals surface area contributed by atoms with Crippen molar-refractivity contribution in [3.8, 4) is 0 Å². The highest BCUT2D eigenvalue weighted by molar-refractivity contribution is 4.74. The first-order chi connectivity index (χ1) is 9.09. The van der Waals surface area contributed by atoms with Crippen LogP contribution in [0.5, 0.6) is 0 Å². The van der Waals surface area contributed by atoms with Crippen molar-refractivity contribution < 1.29 is 4.74 Å². The van der Waals surface area contributed by atoms with Gasteiger partial charge in [-0.05, 0) is 62.9 Å². The first-order valence-corrected chi connectivity index (χ1v) is 8.39. The molecule has 0 aromatic carbocycles. The van der Waals surface area contributed by atoms with Crippen molar-refractivity contribution in [3.05, 3.63) is 0 Å². The topological polar surface area (TPSA) is 12.5 Å². The Bertz CT molecular complexity index is 207. The van der Waals surface area contributed by atoms with Crippen LogP contribution in [0.3, 0.4) is 0 Å². The number of piperidine rings is 1. The fraction of sp³-hybridized carbons (Fsp3) is 1.00. The van der Waals surface area contributed by atoms with Crippen LogP contribution < -0.4 is 0 Å². The van der Waals surface area contributed by atoms with Crippen molar-refractivity contribution in [1.82, 2.24) is 4.90 Å². The summed E-state index contributed by atoms with van der Waals surface area (Å²) in [7, 11) is 0. The SMILES string of the molecule is CC(C)CCCOCCCN1CCC(C(C)C)CC1. The van der Waals surface area contributed by atoms with Crippen molar-refractivity contribution in [3.63, 3.8) is 0 Å². The van der Waals surface area contributed by atoms with Crippen LogP contribution in [-0.2, 0) is 4.74 Å². The smallest absolute Gasteiger partial charge is 0.0478 e. The molecule has 0 aliphatic carbocycles. The molecule has 0 aromatic heterocycles. The van der Waals surface area contributed by atoms with Crippen LogP contribution in [0, 0.1) is 17.8 Å². The molecule has 0 spiro atoms. The molecule has 1 saturated heterocycles. The number of rotatable bonds is 9. The third-order valence-corrected chi connectivity index (χ3v) is 4.41. The molecule has 0 amide bonds. The lowest BCUT2D eigenvalue weighted by Crippen LogP contribution is -2.36. The van der Waals surface area contributed by atoms with Crippen LogP contribution in [0.1, 0.15) is 59.8 Å². The molecule has 19 heavy (non-hydrogen) atoms. The Kier molecular flexibility index (Phi) is 8.72. The molecular formula is C17H35NO. The van der Waals surface area contributed by atoms with E-state index in [1.54, 1.807) is 0 Å². The van der Waals surface area contributed by atoms with E-state index in [9.17, 15) is 0 Å². The number of hydrogen-bond acceptors (Lipinski definition) is 2. The molecule has 2 nitrogen and oxygen atoms in total. The molecule has 1 heterocycles. The largest absolute Gasteiger partial charge is 0.381 e. The molecule has 0 atom stereocenters. The summed E-state index contributed by atoms with van der Waals surface area (Å²) >= 11 is 0. The Morgan fingerprint density at radius 1 is 1.00 bits per heavy atom. The molecular weight excluding hydrogens is 234 g/mol. The minimum absolute atomic E-state index is 0.811. The zero-order valence-corrected chi connectivity index (χ0v) is 13.7. The molecule has 0 saturated carbocycles. The van der Waals surface area contributed by atoms with Crippen LogP contribution in [0.25, 0.3) is 0 Å². The molecule has 0 aromatic rings. The van der Waals surface area contributed by atoms with Gasteiger partial charge in [-0.1, -0.05) is 27.7 Å². The van der Waals surface area contributed by atoms with E-state index in [4.69, 9.17) is 4.74 Å². The fourth-order valence-electron chi connectivity index (χ4n) is 2.93. The van der Waals surface area contributed by atoms with E-state index in [0.717, 1.165) is 31.0 Å². The molecule has 0 radical (unpaired) electrons. The molecule has 1 fully saturated rings. The van der Waals surface area contributed by atoms with Crippen LogP contribution in [0.15, 0.2) is 0 Å². The summed E-state index contributed by atoms with van der Waals surface area (Å²) in [6.45, 7) is 15.0. The van der Waals surface area contributed by atoms with Crippen LogP contribution in [-0.4, -0.2) is 37.7 Å². The first-order valence-electron chi connectivity index (χ1n) is 8.39. The molecule has 1 rings (SSSR count). The van der Waals surface area contributed by atoms with Crippen molar-refractivity contribution in [1.29, 1.82) is 0 Å². The van der Waals surface area contributed by atoms with E-state index in [1.165, 1.54) is 51.7 Å². The summed E-state index contributed by atoms with van der Waals surface area (Å²) in [5.74, 6) is 2.64. The first kappa shape index (κ1) is 17.0. The summed E-state index contributed by atoms with van der Waals surface area (Å²) in [4.78, 5) is 2.62. The maximum atomic E-state index is 5.71. The molecule has 114 valence electrons. The van der Waals surface area contributed by atoms with Gasteiger partial charge in [0.15, 0.2) is 0 Å². The normalized spacial score (nSPS) is 18.6. The standard InChI is InChI=1S/C17H35NO/c1-15(2)7-5-13-19-14-6-10-18-11-8-17(9-12-18)16(3)4/h15-17H,5-14H2,1-4H3. The lowest BCUT2D eigenvalue weighted by molar-refractivity contribution is 0.103. The van der Waals surface area contributed by atoms with Gasteiger partial charge in [0.05, 0.1) is 0 Å². The van der Waals surface area contributed by atoms with Crippen molar-refractivity contribution in [2.45, 2.75) is 59.8 Å². The average molecular weight is 269 g/mol. The highest BCUT2D eigenvalue weighted by atomic mass is 16.5. The Labute approximate surface area is 120 Å². The third-order valence-electron chi connectivity index (χ3n) is 4.41. The van der Waals surface area contributed by atoms with E-state index in [0.29, 0.717) is 0 Å². The van der Waals surface area contributed by atoms with Gasteiger partial charge in [-0.3, -0.25) is 0 Å². The Hall–Kier alpha value is -0.0800. The van der Waals surface area contributed by atoms with Gasteiger partial charge >= 0.3 is 0 Å². The van der Waals surface area contributed by atoms with E-state index >= 15 is 0 Å². The molecule has 0 unspecified atom stereocenters. The maximum Gasteiger partial charge on any atom is 0.0478 e. The van der Waals surface area contributed by atoms with Gasteiger partial charge in [-0.2, -0.15) is 0 Å². The predicted molar refractivity (Wildman–Crippen MR) is 83.5 cm³/mol. The quantitative estimate of drug-likeness (QED) is 0.582. The van der Waals surface area contributed by atoms with Crippen LogP contribution >= 0.6 is 0 Å². The Morgan fingerprint density at radius 2 is 1.63 bits per heavy atom. The lowest BCUT2D eigenvalue weighted by atomic mass is 9.87. The van der Waals surface area contributed by atoms with E-state index in [2.05, 4.69) is 32.6 Å². The summed E-state index contributed by atoms with van der Waals surface area (Å²) in [6, 6.07) is 0. The molecule has 0 N–H and O–H groups in total. The van der Waals surface area contributed by atoms with Crippen molar-refractivity contribution >= 4 is 0 Å². The monoisotopic (exact) mass is 269 g/mol. The van der Waals surface area contributed by atoms with Crippen molar-refractivity contribution in [2.75, 3.05) is 32.8 Å². The maximum absolute atomic E-state index is 5.71. The number of ether oxygens (including phenoxy) is 1. The highest BCUT2D eigenvalue weighted by Gasteiger charge is 2.20. The molecule has 2 heteroatoms. The number of hydrogen-bond donors (Lipinski definition) is 0. The highest BCUT2D eigenvalue weighted by Crippen LogP contribution is 2.24. The number of nitrogens with zero attached hydrogens (tertiary/aromatic N) is 1. The van der Waals surface area contributed by atoms with Gasteiger partial charge in [-0.15, -0.1) is 0 Å². The lowest BCUT2D eigenvalue weighted by Gasteiger charge is -2.33. The summed E-state index contributed by atoms with van der Waals surface area (Å²) in [5, 5.41) is 0. The minimum atomic E-state index is 0.811. The predicted octanol–water partition coefficient (Wildman–Crippen LogP) is 4.20. The Morgan fingerprint density at radius 3 is 2.21 bits per heavy atom. The van der Waals surface area contributed by atoms with Gasteiger partial charge < -0.3 is 9.64 Å². The molecule has 1 aliphatic heterocycles. The van der Waals surface area contributed by atoms with Gasteiger partial charge in [0.2, 0.25) is 0 Å². The fourth-order valence-corrected chi connectivity index (χ4v) is 2.93. The second-order valence-corrected chi connectivity index (χ2v) is 6.93. The molecule has 0 bridgehead atoms. The summed E-state index contributed by atoms with van der Waals surface area (Å²) in [6.07, 6.45) is 6.51. The number of likely N-dealkylation sites (tertiary alicyclic amines) is 1. The molecule has 1 aliphatic rings. The third kappa shape index (κ3) is 7.94. The second kappa shape index (κ2) is 9.77. The van der Waals surface area contributed by atoms with Gasteiger partial charge in [0.25, 0.3) is 0 Å². The average Bonchev–Trinajstić information content (AvgIpc) is 2.38. The van der Waals surface area contributed by atoms with E-state index in [-0.39, 0.29) is 0 Å². The van der Waals surface area contributed by atoms with Crippen LogP contribution in [0.4, 0.5) is 0 Å². The summed E-state index contributed by atoms with van der Waals surface area (Å²) < 4.78 is 5.71. The minimum Gasteiger partial charge on any atom is -0.381 e. The van der Waals surface area contributed by atoms with E-state index in [1.807, 2.05) is 0 Å². The summed E-state index contributed by atoms with van der Waals surface area (Å²) in [5.41, 5.74) is 0. The van der Waals surface area contributed by atoms with Gasteiger partial charge in [0, 0.05) is 19.8 Å². The second-order valence-electron chi connectivity index (χ2n) is 6.93. The Balaban J connectivity index is 1.91. The van der Waals surface area contributed by atoms with Gasteiger partial charge in [0.1, 0.15) is 0 Å². The zero-order chi connectivity index (χ0) is 14.1. The van der Waals surface area contributed by atoms with Gasteiger partial charge in [-0.25, -0.2) is 0 Å². The zero-order valence-electron chi connectivity index (χ0n) is 13.7. The van der Waals surface area contributed by atoms with E-state index < -0.39 is 0 Å².